The zero-order chi connectivity index (χ0) is 23.1. The quantitative estimate of drug-likeness (QED) is 0.461. The largest absolute Gasteiger partial charge is 0.494 e. The summed E-state index contributed by atoms with van der Waals surface area (Å²) in [5.74, 6) is 0.727. The summed E-state index contributed by atoms with van der Waals surface area (Å²) in [5, 5.41) is 3.27. The van der Waals surface area contributed by atoms with Crippen LogP contribution in [0, 0.1) is 6.92 Å². The Morgan fingerprint density at radius 1 is 0.938 bits per heavy atom. The Kier molecular flexibility index (Phi) is 7.61. The Labute approximate surface area is 192 Å². The molecule has 9 heteroatoms. The van der Waals surface area contributed by atoms with Gasteiger partial charge in [0.05, 0.1) is 11.5 Å². The van der Waals surface area contributed by atoms with E-state index in [1.54, 1.807) is 55.5 Å². The van der Waals surface area contributed by atoms with E-state index in [0.717, 1.165) is 0 Å². The third kappa shape index (κ3) is 6.38. The first-order valence-electron chi connectivity index (χ1n) is 9.81. The molecule has 0 aliphatic heterocycles. The van der Waals surface area contributed by atoms with Crippen LogP contribution >= 0.6 is 11.6 Å². The highest BCUT2D eigenvalue weighted by atomic mass is 35.5. The zero-order valence-electron chi connectivity index (χ0n) is 17.6. The van der Waals surface area contributed by atoms with E-state index in [4.69, 9.17) is 21.1 Å². The normalized spacial score (nSPS) is 11.0. The van der Waals surface area contributed by atoms with Crippen molar-refractivity contribution in [2.75, 3.05) is 23.3 Å². The van der Waals surface area contributed by atoms with Crippen LogP contribution in [0.3, 0.4) is 0 Å². The molecular weight excluding hydrogens is 452 g/mol. The highest BCUT2D eigenvalue weighted by Gasteiger charge is 2.16. The van der Waals surface area contributed by atoms with Crippen molar-refractivity contribution in [3.05, 3.63) is 77.3 Å². The average molecular weight is 475 g/mol. The number of rotatable bonds is 9. The van der Waals surface area contributed by atoms with Crippen LogP contribution in [-0.4, -0.2) is 27.5 Å². The van der Waals surface area contributed by atoms with E-state index in [1.165, 1.54) is 18.2 Å². The molecule has 2 N–H and O–H groups in total. The van der Waals surface area contributed by atoms with Gasteiger partial charge < -0.3 is 14.8 Å². The molecule has 7 nitrogen and oxygen atoms in total. The topological polar surface area (TPSA) is 93.7 Å². The minimum Gasteiger partial charge on any atom is -0.494 e. The van der Waals surface area contributed by atoms with Gasteiger partial charge in [-0.15, -0.1) is 0 Å². The second-order valence-electron chi connectivity index (χ2n) is 6.83. The lowest BCUT2D eigenvalue weighted by molar-refractivity contribution is -0.118. The van der Waals surface area contributed by atoms with Gasteiger partial charge in [0, 0.05) is 16.4 Å². The number of carbonyl (C=O) groups is 1. The number of carbonyl (C=O) groups excluding carboxylic acids is 1. The van der Waals surface area contributed by atoms with Crippen molar-refractivity contribution in [1.29, 1.82) is 0 Å². The Morgan fingerprint density at radius 3 is 2.22 bits per heavy atom. The zero-order valence-corrected chi connectivity index (χ0v) is 19.2. The van der Waals surface area contributed by atoms with Gasteiger partial charge in [0.25, 0.3) is 15.9 Å². The second kappa shape index (κ2) is 10.4. The number of hydrogen-bond donors (Lipinski definition) is 2. The fourth-order valence-corrected chi connectivity index (χ4v) is 4.09. The molecule has 0 radical (unpaired) electrons. The first-order chi connectivity index (χ1) is 15.3. The Hall–Kier alpha value is -3.23. The van der Waals surface area contributed by atoms with Gasteiger partial charge >= 0.3 is 0 Å². The van der Waals surface area contributed by atoms with Crippen molar-refractivity contribution in [2.24, 2.45) is 0 Å². The van der Waals surface area contributed by atoms with Gasteiger partial charge in [-0.05, 0) is 86.1 Å². The molecule has 3 aromatic carbocycles. The molecule has 0 atom stereocenters. The van der Waals surface area contributed by atoms with Gasteiger partial charge in [-0.3, -0.25) is 9.52 Å². The number of aryl methyl sites for hydroxylation is 1. The maximum Gasteiger partial charge on any atom is 0.262 e. The van der Waals surface area contributed by atoms with Crippen LogP contribution in [0.25, 0.3) is 0 Å². The molecule has 0 aliphatic carbocycles. The van der Waals surface area contributed by atoms with Crippen molar-refractivity contribution in [2.45, 2.75) is 18.7 Å². The monoisotopic (exact) mass is 474 g/mol. The molecule has 168 valence electrons. The van der Waals surface area contributed by atoms with E-state index < -0.39 is 10.0 Å². The molecule has 0 saturated carbocycles. The molecule has 0 aromatic heterocycles. The van der Waals surface area contributed by atoms with E-state index in [-0.39, 0.29) is 17.4 Å². The molecule has 0 bridgehead atoms. The van der Waals surface area contributed by atoms with Gasteiger partial charge in [0.2, 0.25) is 0 Å². The smallest absolute Gasteiger partial charge is 0.262 e. The number of amides is 1. The minimum absolute atomic E-state index is 0.0850. The SMILES string of the molecule is CCOc1ccc(NS(=O)(=O)c2ccc(OCC(=O)Nc3ccc(Cl)cc3)c(C)c2)cc1. The maximum atomic E-state index is 12.7. The predicted octanol–water partition coefficient (Wildman–Crippen LogP) is 4.87. The lowest BCUT2D eigenvalue weighted by atomic mass is 10.2. The summed E-state index contributed by atoms with van der Waals surface area (Å²) in [7, 11) is -3.79. The molecule has 3 rings (SSSR count). The Morgan fingerprint density at radius 2 is 1.59 bits per heavy atom. The molecule has 0 unspecified atom stereocenters. The molecule has 0 saturated heterocycles. The first-order valence-corrected chi connectivity index (χ1v) is 11.7. The van der Waals surface area contributed by atoms with Crippen LogP contribution in [0.5, 0.6) is 11.5 Å². The van der Waals surface area contributed by atoms with E-state index in [0.29, 0.717) is 40.1 Å². The van der Waals surface area contributed by atoms with E-state index in [2.05, 4.69) is 10.0 Å². The van der Waals surface area contributed by atoms with Crippen molar-refractivity contribution < 1.29 is 22.7 Å². The maximum absolute atomic E-state index is 12.7. The molecule has 3 aromatic rings. The summed E-state index contributed by atoms with van der Waals surface area (Å²) >= 11 is 5.82. The molecule has 32 heavy (non-hydrogen) atoms. The molecule has 0 heterocycles. The molecule has 1 amide bonds. The Bertz CT molecular complexity index is 1180. The number of halogens is 1. The summed E-state index contributed by atoms with van der Waals surface area (Å²) in [6.07, 6.45) is 0. The molecular formula is C23H23ClN2O5S. The van der Waals surface area contributed by atoms with Crippen LogP contribution in [0.2, 0.25) is 5.02 Å². The summed E-state index contributed by atoms with van der Waals surface area (Å²) in [6, 6.07) is 17.8. The van der Waals surface area contributed by atoms with Crippen LogP contribution < -0.4 is 19.5 Å². The molecule has 0 aliphatic rings. The number of hydrogen-bond acceptors (Lipinski definition) is 5. The first kappa shape index (κ1) is 23.4. The average Bonchev–Trinajstić information content (AvgIpc) is 2.76. The predicted molar refractivity (Wildman–Crippen MR) is 125 cm³/mol. The van der Waals surface area contributed by atoms with Crippen LogP contribution in [0.15, 0.2) is 71.6 Å². The van der Waals surface area contributed by atoms with Crippen LogP contribution in [-0.2, 0) is 14.8 Å². The van der Waals surface area contributed by atoms with E-state index in [9.17, 15) is 13.2 Å². The van der Waals surface area contributed by atoms with Gasteiger partial charge in [-0.2, -0.15) is 0 Å². The number of nitrogens with one attached hydrogen (secondary N) is 2. The van der Waals surface area contributed by atoms with Crippen molar-refractivity contribution in [1.82, 2.24) is 0 Å². The third-order valence-corrected chi connectivity index (χ3v) is 5.99. The van der Waals surface area contributed by atoms with Crippen LogP contribution in [0.1, 0.15) is 12.5 Å². The lowest BCUT2D eigenvalue weighted by Crippen LogP contribution is -2.20. The molecule has 0 spiro atoms. The summed E-state index contributed by atoms with van der Waals surface area (Å²) in [4.78, 5) is 12.2. The summed E-state index contributed by atoms with van der Waals surface area (Å²) in [5.41, 5.74) is 1.60. The summed E-state index contributed by atoms with van der Waals surface area (Å²) in [6.45, 7) is 3.89. The number of anilines is 2. The van der Waals surface area contributed by atoms with E-state index in [1.807, 2.05) is 6.92 Å². The number of ether oxygens (including phenoxy) is 2. The molecule has 0 fully saturated rings. The van der Waals surface area contributed by atoms with Crippen molar-refractivity contribution in [3.8, 4) is 11.5 Å². The van der Waals surface area contributed by atoms with Gasteiger partial charge in [-0.25, -0.2) is 8.42 Å². The fraction of sp³-hybridized carbons (Fsp3) is 0.174. The van der Waals surface area contributed by atoms with Crippen LogP contribution in [0.4, 0.5) is 11.4 Å². The highest BCUT2D eigenvalue weighted by Crippen LogP contribution is 2.24. The van der Waals surface area contributed by atoms with Gasteiger partial charge in [0.1, 0.15) is 11.5 Å². The Balaban J connectivity index is 1.61. The lowest BCUT2D eigenvalue weighted by Gasteiger charge is -2.13. The summed E-state index contributed by atoms with van der Waals surface area (Å²) < 4.78 is 38.9. The fourth-order valence-electron chi connectivity index (χ4n) is 2.82. The van der Waals surface area contributed by atoms with E-state index >= 15 is 0 Å². The van der Waals surface area contributed by atoms with Gasteiger partial charge in [-0.1, -0.05) is 11.6 Å². The number of benzene rings is 3. The second-order valence-corrected chi connectivity index (χ2v) is 8.95. The van der Waals surface area contributed by atoms with Crippen molar-refractivity contribution >= 4 is 38.9 Å². The number of sulfonamides is 1. The minimum atomic E-state index is -3.79. The third-order valence-electron chi connectivity index (χ3n) is 4.36. The van der Waals surface area contributed by atoms with Crippen molar-refractivity contribution in [3.63, 3.8) is 0 Å². The standard InChI is InChI=1S/C23H23ClN2O5S/c1-3-30-20-10-8-19(9-11-20)26-32(28,29)21-12-13-22(16(2)14-21)31-15-23(27)25-18-6-4-17(24)5-7-18/h4-14,26H,3,15H2,1-2H3,(H,25,27). The van der Waals surface area contributed by atoms with Gasteiger partial charge in [0.15, 0.2) is 6.61 Å². The highest BCUT2D eigenvalue weighted by molar-refractivity contribution is 7.92.